The van der Waals surface area contributed by atoms with Crippen LogP contribution in [-0.4, -0.2) is 34.6 Å². The normalized spacial score (nSPS) is 11.5. The fourth-order valence-electron chi connectivity index (χ4n) is 2.52. The summed E-state index contributed by atoms with van der Waals surface area (Å²) >= 11 is 0. The lowest BCUT2D eigenvalue weighted by Gasteiger charge is -2.08. The molecule has 0 bridgehead atoms. The zero-order chi connectivity index (χ0) is 21.9. The maximum atomic E-state index is 12.5. The fraction of sp³-hybridized carbons (Fsp3) is 0.105. The first-order valence-corrected chi connectivity index (χ1v) is 10.1. The number of azo groups is 1. The molecule has 3 aromatic rings. The van der Waals surface area contributed by atoms with Gasteiger partial charge >= 0.3 is 5.97 Å². The molecule has 0 aliphatic heterocycles. The van der Waals surface area contributed by atoms with E-state index in [1.165, 1.54) is 42.5 Å². The van der Waals surface area contributed by atoms with Gasteiger partial charge in [-0.3, -0.25) is 0 Å². The molecule has 0 atom stereocenters. The number of anilines is 1. The van der Waals surface area contributed by atoms with Gasteiger partial charge in [-0.15, -0.1) is 0 Å². The number of benzene rings is 2. The van der Waals surface area contributed by atoms with Crippen molar-refractivity contribution in [2.75, 3.05) is 4.72 Å². The van der Waals surface area contributed by atoms with Gasteiger partial charge < -0.3 is 10.2 Å². The molecular formula is C19H17N5O5S. The Morgan fingerprint density at radius 1 is 0.933 bits per heavy atom. The maximum absolute atomic E-state index is 12.5. The zero-order valence-corrected chi connectivity index (χ0v) is 16.8. The summed E-state index contributed by atoms with van der Waals surface area (Å²) in [5, 5.41) is 26.4. The van der Waals surface area contributed by atoms with Gasteiger partial charge in [0.15, 0.2) is 0 Å². The van der Waals surface area contributed by atoms with Crippen LogP contribution in [0.3, 0.4) is 0 Å². The van der Waals surface area contributed by atoms with Crippen molar-refractivity contribution in [3.05, 3.63) is 65.5 Å². The fourth-order valence-corrected chi connectivity index (χ4v) is 3.46. The van der Waals surface area contributed by atoms with Crippen LogP contribution in [-0.2, 0) is 10.0 Å². The maximum Gasteiger partial charge on any atom is 0.339 e. The lowest BCUT2D eigenvalue weighted by molar-refractivity contribution is 0.0693. The summed E-state index contributed by atoms with van der Waals surface area (Å²) < 4.78 is 27.4. The number of rotatable bonds is 6. The van der Waals surface area contributed by atoms with E-state index in [4.69, 9.17) is 5.11 Å². The van der Waals surface area contributed by atoms with Gasteiger partial charge in [0.2, 0.25) is 5.95 Å². The van der Waals surface area contributed by atoms with Crippen LogP contribution in [0.4, 0.5) is 17.3 Å². The smallest absolute Gasteiger partial charge is 0.339 e. The lowest BCUT2D eigenvalue weighted by atomic mass is 10.2. The molecule has 3 N–H and O–H groups in total. The quantitative estimate of drug-likeness (QED) is 0.506. The molecule has 0 radical (unpaired) electrons. The van der Waals surface area contributed by atoms with Crippen LogP contribution in [0.5, 0.6) is 5.75 Å². The second-order valence-corrected chi connectivity index (χ2v) is 7.96. The van der Waals surface area contributed by atoms with Gasteiger partial charge in [0, 0.05) is 11.4 Å². The molecular weight excluding hydrogens is 410 g/mol. The van der Waals surface area contributed by atoms with Crippen LogP contribution in [0.25, 0.3) is 0 Å². The van der Waals surface area contributed by atoms with E-state index < -0.39 is 16.0 Å². The number of hydrogen-bond donors (Lipinski definition) is 3. The number of carboxylic acid groups (broad SMARTS) is 1. The van der Waals surface area contributed by atoms with E-state index in [0.717, 1.165) is 0 Å². The average Bonchev–Trinajstić information content (AvgIpc) is 2.66. The molecule has 3 rings (SSSR count). The van der Waals surface area contributed by atoms with E-state index in [0.29, 0.717) is 17.1 Å². The molecule has 0 fully saturated rings. The van der Waals surface area contributed by atoms with Crippen LogP contribution in [0, 0.1) is 13.8 Å². The van der Waals surface area contributed by atoms with Crippen molar-refractivity contribution < 1.29 is 23.4 Å². The molecule has 154 valence electrons. The molecule has 0 spiro atoms. The first-order valence-electron chi connectivity index (χ1n) is 8.57. The van der Waals surface area contributed by atoms with Crippen LogP contribution in [0.1, 0.15) is 21.7 Å². The Hall–Kier alpha value is -3.86. The van der Waals surface area contributed by atoms with Gasteiger partial charge in [0.05, 0.1) is 16.3 Å². The first-order chi connectivity index (χ1) is 14.1. The highest BCUT2D eigenvalue weighted by molar-refractivity contribution is 7.92. The van der Waals surface area contributed by atoms with E-state index in [9.17, 15) is 18.3 Å². The second-order valence-electron chi connectivity index (χ2n) is 6.28. The highest BCUT2D eigenvalue weighted by Gasteiger charge is 2.16. The molecule has 0 saturated heterocycles. The minimum Gasteiger partial charge on any atom is -0.507 e. The molecule has 0 aliphatic rings. The molecule has 1 heterocycles. The number of sulfonamides is 1. The number of carbonyl (C=O) groups is 1. The summed E-state index contributed by atoms with van der Waals surface area (Å²) in [6.45, 7) is 3.47. The Morgan fingerprint density at radius 3 is 2.10 bits per heavy atom. The Balaban J connectivity index is 1.78. The Bertz CT molecular complexity index is 1220. The van der Waals surface area contributed by atoms with Gasteiger partial charge in [-0.25, -0.2) is 27.9 Å². The Labute approximate surface area is 172 Å². The monoisotopic (exact) mass is 427 g/mol. The van der Waals surface area contributed by atoms with Crippen LogP contribution in [0.2, 0.25) is 0 Å². The summed E-state index contributed by atoms with van der Waals surface area (Å²) in [5.74, 6) is -1.69. The topological polar surface area (TPSA) is 154 Å². The van der Waals surface area contributed by atoms with Crippen LogP contribution >= 0.6 is 0 Å². The predicted molar refractivity (Wildman–Crippen MR) is 108 cm³/mol. The highest BCUT2D eigenvalue weighted by atomic mass is 32.2. The molecule has 2 aromatic carbocycles. The number of carboxylic acids is 1. The zero-order valence-electron chi connectivity index (χ0n) is 15.9. The van der Waals surface area contributed by atoms with E-state index >= 15 is 0 Å². The third-order valence-corrected chi connectivity index (χ3v) is 5.19. The van der Waals surface area contributed by atoms with Crippen molar-refractivity contribution in [3.63, 3.8) is 0 Å². The van der Waals surface area contributed by atoms with Crippen molar-refractivity contribution in [1.82, 2.24) is 9.97 Å². The minimum absolute atomic E-state index is 0.0120. The molecule has 11 heteroatoms. The summed E-state index contributed by atoms with van der Waals surface area (Å²) in [5.41, 5.74) is 1.54. The van der Waals surface area contributed by atoms with Crippen molar-refractivity contribution in [3.8, 4) is 5.75 Å². The van der Waals surface area contributed by atoms with Gasteiger partial charge in [-0.05, 0) is 62.4 Å². The standard InChI is InChI=1S/C19H17N5O5S/c1-11-9-12(2)21-19(20-11)24-30(28,29)15-6-3-13(4-7-15)22-23-14-5-8-17(25)16(10-14)18(26)27/h3-10,25H,1-2H3,(H,26,27)(H,20,21,24). The van der Waals surface area contributed by atoms with E-state index in [2.05, 4.69) is 24.9 Å². The van der Waals surface area contributed by atoms with Crippen molar-refractivity contribution in [2.24, 2.45) is 10.2 Å². The summed E-state index contributed by atoms with van der Waals surface area (Å²) in [4.78, 5) is 19.1. The molecule has 30 heavy (non-hydrogen) atoms. The minimum atomic E-state index is -3.89. The summed E-state index contributed by atoms with van der Waals surface area (Å²) in [6, 6.07) is 11.1. The number of aromatic nitrogens is 2. The average molecular weight is 427 g/mol. The van der Waals surface area contributed by atoms with Crippen molar-refractivity contribution >= 4 is 33.3 Å². The number of phenols is 1. The van der Waals surface area contributed by atoms with Gasteiger partial charge in [-0.1, -0.05) is 0 Å². The molecule has 10 nitrogen and oxygen atoms in total. The predicted octanol–water partition coefficient (Wildman–Crippen LogP) is 3.71. The van der Waals surface area contributed by atoms with Crippen molar-refractivity contribution in [1.29, 1.82) is 0 Å². The molecule has 0 amide bonds. The number of nitrogens with zero attached hydrogens (tertiary/aromatic N) is 4. The van der Waals surface area contributed by atoms with E-state index in [1.54, 1.807) is 19.9 Å². The second kappa shape index (κ2) is 8.25. The van der Waals surface area contributed by atoms with Crippen LogP contribution < -0.4 is 4.72 Å². The number of aryl methyl sites for hydroxylation is 2. The summed E-state index contributed by atoms with van der Waals surface area (Å²) in [6.07, 6.45) is 0. The summed E-state index contributed by atoms with van der Waals surface area (Å²) in [7, 11) is -3.89. The highest BCUT2D eigenvalue weighted by Crippen LogP contribution is 2.26. The number of aromatic hydroxyl groups is 1. The third-order valence-electron chi connectivity index (χ3n) is 3.85. The Morgan fingerprint density at radius 2 is 1.50 bits per heavy atom. The van der Waals surface area contributed by atoms with E-state index in [1.807, 2.05) is 0 Å². The Kier molecular flexibility index (Phi) is 5.74. The van der Waals surface area contributed by atoms with Crippen LogP contribution in [0.15, 0.2) is 63.7 Å². The lowest BCUT2D eigenvalue weighted by Crippen LogP contribution is -2.15. The van der Waals surface area contributed by atoms with Crippen molar-refractivity contribution in [2.45, 2.75) is 18.7 Å². The van der Waals surface area contributed by atoms with Gasteiger partial charge in [-0.2, -0.15) is 10.2 Å². The molecule has 0 saturated carbocycles. The van der Waals surface area contributed by atoms with Gasteiger partial charge in [0.25, 0.3) is 10.0 Å². The van der Waals surface area contributed by atoms with E-state index in [-0.39, 0.29) is 27.8 Å². The molecule has 0 aliphatic carbocycles. The molecule has 1 aromatic heterocycles. The largest absolute Gasteiger partial charge is 0.507 e. The number of nitrogens with one attached hydrogen (secondary N) is 1. The number of aromatic carboxylic acids is 1. The number of hydrogen-bond acceptors (Lipinski definition) is 8. The SMILES string of the molecule is Cc1cc(C)nc(NS(=O)(=O)c2ccc(N=Nc3ccc(O)c(C(=O)O)c3)cc2)n1. The third kappa shape index (κ3) is 4.94. The molecule has 0 unspecified atom stereocenters. The van der Waals surface area contributed by atoms with Gasteiger partial charge in [0.1, 0.15) is 11.3 Å². The first kappa shape index (κ1) is 20.9.